The molecule has 1 fully saturated rings. The van der Waals surface area contributed by atoms with Gasteiger partial charge in [-0.05, 0) is 51.3 Å². The van der Waals surface area contributed by atoms with Gasteiger partial charge < -0.3 is 19.5 Å². The van der Waals surface area contributed by atoms with Gasteiger partial charge in [-0.2, -0.15) is 0 Å². The molecule has 31 heavy (non-hydrogen) atoms. The highest BCUT2D eigenvalue weighted by Gasteiger charge is 2.37. The number of rotatable bonds is 7. The molecule has 1 aliphatic carbocycles. The molecule has 1 amide bonds. The van der Waals surface area contributed by atoms with Crippen LogP contribution in [0.4, 0.5) is 5.69 Å². The fourth-order valence-corrected chi connectivity index (χ4v) is 4.69. The third kappa shape index (κ3) is 5.04. The largest absolute Gasteiger partial charge is 0.488 e. The smallest absolute Gasteiger partial charge is 0.224 e. The molecular formula is C26H33NO4. The van der Waals surface area contributed by atoms with Crippen molar-refractivity contribution in [3.63, 3.8) is 0 Å². The lowest BCUT2D eigenvalue weighted by Gasteiger charge is -2.38. The van der Waals surface area contributed by atoms with Crippen LogP contribution in [0.2, 0.25) is 0 Å². The first kappa shape index (κ1) is 21.7. The van der Waals surface area contributed by atoms with Gasteiger partial charge in [-0.15, -0.1) is 0 Å². The van der Waals surface area contributed by atoms with E-state index >= 15 is 0 Å². The van der Waals surface area contributed by atoms with E-state index in [0.717, 1.165) is 47.6 Å². The minimum absolute atomic E-state index is 0.0137. The van der Waals surface area contributed by atoms with Crippen molar-refractivity contribution in [3.8, 4) is 11.5 Å². The molecule has 1 atom stereocenters. The molecule has 0 aromatic heterocycles. The molecule has 1 saturated carbocycles. The standard InChI is InChI=1S/C26H33NO4/c1-4-24(28)27-21-13-9-15-23(30-17-29-18-10-5-6-11-18)25(21)20-16-26(2,3)31-22-14-8-7-12-19(20)22/h7-9,12-15,18,20H,4-6,10-11,16-17H2,1-3H3,(H,27,28). The fourth-order valence-electron chi connectivity index (χ4n) is 4.69. The van der Waals surface area contributed by atoms with Gasteiger partial charge in [-0.25, -0.2) is 0 Å². The van der Waals surface area contributed by atoms with Gasteiger partial charge in [0.1, 0.15) is 17.1 Å². The Morgan fingerprint density at radius 1 is 1.13 bits per heavy atom. The molecule has 2 aromatic carbocycles. The van der Waals surface area contributed by atoms with Gasteiger partial charge in [0.2, 0.25) is 5.91 Å². The Morgan fingerprint density at radius 2 is 1.90 bits per heavy atom. The lowest BCUT2D eigenvalue weighted by atomic mass is 9.79. The van der Waals surface area contributed by atoms with E-state index in [9.17, 15) is 4.79 Å². The molecule has 0 saturated heterocycles. The number of carbonyl (C=O) groups excluding carboxylic acids is 1. The summed E-state index contributed by atoms with van der Waals surface area (Å²) < 4.78 is 18.4. The number of ether oxygens (including phenoxy) is 3. The Hall–Kier alpha value is -2.53. The molecule has 1 unspecified atom stereocenters. The van der Waals surface area contributed by atoms with Crippen LogP contribution in [0.25, 0.3) is 0 Å². The van der Waals surface area contributed by atoms with Gasteiger partial charge in [0.15, 0.2) is 6.79 Å². The quantitative estimate of drug-likeness (QED) is 0.553. The van der Waals surface area contributed by atoms with Crippen LogP contribution < -0.4 is 14.8 Å². The molecule has 4 rings (SSSR count). The van der Waals surface area contributed by atoms with E-state index in [-0.39, 0.29) is 30.3 Å². The third-order valence-corrected chi connectivity index (χ3v) is 6.21. The first-order chi connectivity index (χ1) is 15.0. The average Bonchev–Trinajstić information content (AvgIpc) is 3.26. The molecule has 2 aliphatic rings. The average molecular weight is 424 g/mol. The summed E-state index contributed by atoms with van der Waals surface area (Å²) in [6.45, 7) is 6.29. The van der Waals surface area contributed by atoms with Gasteiger partial charge in [0.05, 0.1) is 6.10 Å². The van der Waals surface area contributed by atoms with Crippen LogP contribution in [0.15, 0.2) is 42.5 Å². The Balaban J connectivity index is 1.70. The number of nitrogens with one attached hydrogen (secondary N) is 1. The van der Waals surface area contributed by atoms with E-state index in [4.69, 9.17) is 14.2 Å². The molecule has 5 nitrogen and oxygen atoms in total. The summed E-state index contributed by atoms with van der Waals surface area (Å²) >= 11 is 0. The molecule has 166 valence electrons. The maximum absolute atomic E-state index is 12.3. The monoisotopic (exact) mass is 423 g/mol. The molecule has 0 radical (unpaired) electrons. The minimum atomic E-state index is -0.335. The highest BCUT2D eigenvalue weighted by atomic mass is 16.7. The number of hydrogen-bond acceptors (Lipinski definition) is 4. The van der Waals surface area contributed by atoms with Crippen LogP contribution >= 0.6 is 0 Å². The normalized spacial score (nSPS) is 20.0. The Labute approximate surface area is 185 Å². The number of amides is 1. The second-order valence-corrected chi connectivity index (χ2v) is 9.11. The van der Waals surface area contributed by atoms with Crippen LogP contribution in [-0.4, -0.2) is 24.4 Å². The van der Waals surface area contributed by atoms with Crippen molar-refractivity contribution >= 4 is 11.6 Å². The Kier molecular flexibility index (Phi) is 6.51. The van der Waals surface area contributed by atoms with E-state index in [1.807, 2.05) is 43.3 Å². The molecule has 0 spiro atoms. The Morgan fingerprint density at radius 3 is 2.68 bits per heavy atom. The number of anilines is 1. The summed E-state index contributed by atoms with van der Waals surface area (Å²) in [4.78, 5) is 12.3. The molecular weight excluding hydrogens is 390 g/mol. The maximum Gasteiger partial charge on any atom is 0.224 e. The number of benzene rings is 2. The van der Waals surface area contributed by atoms with Gasteiger partial charge >= 0.3 is 0 Å². The minimum Gasteiger partial charge on any atom is -0.488 e. The predicted octanol–water partition coefficient (Wildman–Crippen LogP) is 6.02. The molecule has 1 N–H and O–H groups in total. The van der Waals surface area contributed by atoms with E-state index < -0.39 is 0 Å². The fraction of sp³-hybridized carbons (Fsp3) is 0.500. The number of para-hydroxylation sites is 1. The zero-order chi connectivity index (χ0) is 21.8. The van der Waals surface area contributed by atoms with Crippen molar-refractivity contribution in [2.75, 3.05) is 12.1 Å². The first-order valence-electron chi connectivity index (χ1n) is 11.4. The SMILES string of the molecule is CCC(=O)Nc1cccc(OCOC2CCCC2)c1C1CC(C)(C)Oc2ccccc21. The number of fused-ring (bicyclic) bond motifs is 1. The van der Waals surface area contributed by atoms with E-state index in [1.54, 1.807) is 0 Å². The first-order valence-corrected chi connectivity index (χ1v) is 11.4. The summed E-state index contributed by atoms with van der Waals surface area (Å²) in [5, 5.41) is 3.09. The van der Waals surface area contributed by atoms with E-state index in [2.05, 4.69) is 25.2 Å². The van der Waals surface area contributed by atoms with Crippen LogP contribution in [0.5, 0.6) is 11.5 Å². The molecule has 0 bridgehead atoms. The van der Waals surface area contributed by atoms with Gasteiger partial charge in [0.25, 0.3) is 0 Å². The lowest BCUT2D eigenvalue weighted by Crippen LogP contribution is -2.35. The van der Waals surface area contributed by atoms with Gasteiger partial charge in [-0.3, -0.25) is 4.79 Å². The second-order valence-electron chi connectivity index (χ2n) is 9.11. The lowest BCUT2D eigenvalue weighted by molar-refractivity contribution is -0.115. The van der Waals surface area contributed by atoms with Gasteiger partial charge in [-0.1, -0.05) is 44.0 Å². The molecule has 1 heterocycles. The van der Waals surface area contributed by atoms with Crippen molar-refractivity contribution < 1.29 is 19.0 Å². The second kappa shape index (κ2) is 9.31. The van der Waals surface area contributed by atoms with E-state index in [1.165, 1.54) is 12.8 Å². The van der Waals surface area contributed by atoms with Crippen LogP contribution in [0.3, 0.4) is 0 Å². The highest BCUT2D eigenvalue weighted by molar-refractivity contribution is 5.92. The summed E-state index contributed by atoms with van der Waals surface area (Å²) in [7, 11) is 0. The van der Waals surface area contributed by atoms with Crippen molar-refractivity contribution in [2.24, 2.45) is 0 Å². The summed E-state index contributed by atoms with van der Waals surface area (Å²) in [6, 6.07) is 14.0. The van der Waals surface area contributed by atoms with Crippen molar-refractivity contribution in [1.29, 1.82) is 0 Å². The Bertz CT molecular complexity index is 917. The van der Waals surface area contributed by atoms with Crippen molar-refractivity contribution in [2.45, 2.75) is 76.9 Å². The van der Waals surface area contributed by atoms with Crippen molar-refractivity contribution in [1.82, 2.24) is 0 Å². The highest BCUT2D eigenvalue weighted by Crippen LogP contribution is 2.48. The van der Waals surface area contributed by atoms with Crippen LogP contribution in [0.1, 0.15) is 76.3 Å². The van der Waals surface area contributed by atoms with Crippen LogP contribution in [-0.2, 0) is 9.53 Å². The summed E-state index contributed by atoms with van der Waals surface area (Å²) in [6.07, 6.45) is 6.14. The van der Waals surface area contributed by atoms with Gasteiger partial charge in [0, 0.05) is 29.2 Å². The summed E-state index contributed by atoms with van der Waals surface area (Å²) in [5.74, 6) is 1.66. The number of hydrogen-bond donors (Lipinski definition) is 1. The maximum atomic E-state index is 12.3. The van der Waals surface area contributed by atoms with Crippen molar-refractivity contribution in [3.05, 3.63) is 53.6 Å². The molecule has 1 aliphatic heterocycles. The molecule has 2 aromatic rings. The molecule has 5 heteroatoms. The summed E-state index contributed by atoms with van der Waals surface area (Å²) in [5.41, 5.74) is 2.56. The van der Waals surface area contributed by atoms with E-state index in [0.29, 0.717) is 6.42 Å². The topological polar surface area (TPSA) is 56.8 Å². The number of carbonyl (C=O) groups is 1. The van der Waals surface area contributed by atoms with Crippen LogP contribution in [0, 0.1) is 0 Å². The zero-order valence-electron chi connectivity index (χ0n) is 18.8. The third-order valence-electron chi connectivity index (χ3n) is 6.21. The zero-order valence-corrected chi connectivity index (χ0v) is 18.8. The predicted molar refractivity (Wildman–Crippen MR) is 122 cm³/mol.